The zero-order valence-electron chi connectivity index (χ0n) is 16.3. The lowest BCUT2D eigenvalue weighted by Crippen LogP contribution is -2.42. The number of ether oxygens (including phenoxy) is 2. The average Bonchev–Trinajstić information content (AvgIpc) is 3.30. The van der Waals surface area contributed by atoms with Gasteiger partial charge in [0, 0.05) is 13.2 Å². The van der Waals surface area contributed by atoms with Gasteiger partial charge in [0.25, 0.3) is 0 Å². The highest BCUT2D eigenvalue weighted by molar-refractivity contribution is 6.74. The van der Waals surface area contributed by atoms with E-state index in [1.807, 2.05) is 12.1 Å². The Kier molecular flexibility index (Phi) is 6.16. The van der Waals surface area contributed by atoms with Gasteiger partial charge in [-0.2, -0.15) is 0 Å². The highest BCUT2D eigenvalue weighted by atomic mass is 28.4. The number of hydrogen-bond acceptors (Lipinski definition) is 3. The topological polar surface area (TPSA) is 27.7 Å². The van der Waals surface area contributed by atoms with Crippen molar-refractivity contribution in [2.75, 3.05) is 20.3 Å². The normalized spacial score (nSPS) is 16.9. The van der Waals surface area contributed by atoms with Crippen LogP contribution in [0.4, 0.5) is 0 Å². The minimum Gasteiger partial charge on any atom is -0.497 e. The fraction of sp³-hybridized carbons (Fsp3) is 0.700. The van der Waals surface area contributed by atoms with Gasteiger partial charge in [-0.1, -0.05) is 32.9 Å². The molecule has 0 aromatic heterocycles. The van der Waals surface area contributed by atoms with Gasteiger partial charge >= 0.3 is 0 Å². The number of methoxy groups -OCH3 is 1. The van der Waals surface area contributed by atoms with Crippen LogP contribution in [-0.2, 0) is 15.8 Å². The molecule has 2 rings (SSSR count). The van der Waals surface area contributed by atoms with E-state index in [1.165, 1.54) is 18.4 Å². The maximum absolute atomic E-state index is 6.43. The third-order valence-electron chi connectivity index (χ3n) is 5.71. The molecule has 0 amide bonds. The molecule has 4 heteroatoms. The largest absolute Gasteiger partial charge is 0.497 e. The van der Waals surface area contributed by atoms with Gasteiger partial charge in [-0.3, -0.25) is 0 Å². The quantitative estimate of drug-likeness (QED) is 0.440. The van der Waals surface area contributed by atoms with E-state index < -0.39 is 8.32 Å². The van der Waals surface area contributed by atoms with Crippen molar-refractivity contribution in [2.24, 2.45) is 5.41 Å². The smallest absolute Gasteiger partial charge is 0.192 e. The first-order chi connectivity index (χ1) is 11.2. The van der Waals surface area contributed by atoms with Crippen molar-refractivity contribution in [2.45, 2.75) is 64.8 Å². The van der Waals surface area contributed by atoms with E-state index in [2.05, 4.69) is 46.0 Å². The highest BCUT2D eigenvalue weighted by Gasteiger charge is 2.46. The third-order valence-corrected chi connectivity index (χ3v) is 10.2. The molecule has 1 saturated carbocycles. The number of hydrogen-bond donors (Lipinski definition) is 0. The molecular formula is C20H34O3Si. The maximum Gasteiger partial charge on any atom is 0.192 e. The molecule has 0 spiro atoms. The van der Waals surface area contributed by atoms with E-state index in [9.17, 15) is 0 Å². The first-order valence-electron chi connectivity index (χ1n) is 9.02. The molecule has 0 radical (unpaired) electrons. The molecule has 136 valence electrons. The lowest BCUT2D eigenvalue weighted by atomic mass is 10.1. The van der Waals surface area contributed by atoms with Crippen LogP contribution >= 0.6 is 0 Å². The van der Waals surface area contributed by atoms with Gasteiger partial charge < -0.3 is 13.9 Å². The van der Waals surface area contributed by atoms with E-state index >= 15 is 0 Å². The van der Waals surface area contributed by atoms with Crippen molar-refractivity contribution < 1.29 is 13.9 Å². The van der Waals surface area contributed by atoms with Crippen LogP contribution in [0.2, 0.25) is 18.1 Å². The lowest BCUT2D eigenvalue weighted by Gasteiger charge is -2.37. The Morgan fingerprint density at radius 3 is 2.21 bits per heavy atom. The summed E-state index contributed by atoms with van der Waals surface area (Å²) in [6.07, 6.45) is 3.68. The SMILES string of the molecule is COc1ccc(COCCC2(CO[Si](C)(C)C(C)(C)C)CC2)cc1. The van der Waals surface area contributed by atoms with Crippen LogP contribution in [0.15, 0.2) is 24.3 Å². The van der Waals surface area contributed by atoms with Crippen molar-refractivity contribution in [3.63, 3.8) is 0 Å². The molecule has 1 aliphatic rings. The van der Waals surface area contributed by atoms with E-state index in [1.54, 1.807) is 7.11 Å². The minimum atomic E-state index is -1.64. The van der Waals surface area contributed by atoms with Gasteiger partial charge in [0.1, 0.15) is 5.75 Å². The Labute approximate surface area is 148 Å². The van der Waals surface area contributed by atoms with E-state index in [-0.39, 0.29) is 5.04 Å². The van der Waals surface area contributed by atoms with Crippen LogP contribution in [0.25, 0.3) is 0 Å². The lowest BCUT2D eigenvalue weighted by molar-refractivity contribution is 0.0906. The van der Waals surface area contributed by atoms with Gasteiger partial charge in [-0.15, -0.1) is 0 Å². The van der Waals surface area contributed by atoms with Gasteiger partial charge in [0.05, 0.1) is 13.7 Å². The van der Waals surface area contributed by atoms with Crippen molar-refractivity contribution in [1.29, 1.82) is 0 Å². The monoisotopic (exact) mass is 350 g/mol. The standard InChI is InChI=1S/C20H34O3Si/c1-19(2,3)24(5,6)23-16-20(11-12-20)13-14-22-15-17-7-9-18(21-4)10-8-17/h7-10H,11-16H2,1-6H3. The predicted octanol–water partition coefficient (Wildman–Crippen LogP) is 5.40. The minimum absolute atomic E-state index is 0.286. The summed E-state index contributed by atoms with van der Waals surface area (Å²) < 4.78 is 17.5. The van der Waals surface area contributed by atoms with Crippen molar-refractivity contribution in [3.05, 3.63) is 29.8 Å². The molecule has 0 saturated heterocycles. The van der Waals surface area contributed by atoms with Gasteiger partial charge in [0.15, 0.2) is 8.32 Å². The van der Waals surface area contributed by atoms with E-state index in [4.69, 9.17) is 13.9 Å². The zero-order chi connectivity index (χ0) is 17.8. The van der Waals surface area contributed by atoms with Crippen LogP contribution in [0.3, 0.4) is 0 Å². The molecule has 0 atom stereocenters. The molecule has 1 fully saturated rings. The second-order valence-electron chi connectivity index (χ2n) is 8.70. The van der Waals surface area contributed by atoms with Crippen LogP contribution in [-0.4, -0.2) is 28.6 Å². The van der Waals surface area contributed by atoms with Gasteiger partial charge in [0.2, 0.25) is 0 Å². The Balaban J connectivity index is 1.70. The molecule has 0 aliphatic heterocycles. The fourth-order valence-electron chi connectivity index (χ4n) is 2.39. The summed E-state index contributed by atoms with van der Waals surface area (Å²) in [5, 5.41) is 0.286. The highest BCUT2D eigenvalue weighted by Crippen LogP contribution is 2.50. The summed E-state index contributed by atoms with van der Waals surface area (Å²) in [4.78, 5) is 0. The molecule has 1 aromatic carbocycles. The summed E-state index contributed by atoms with van der Waals surface area (Å²) in [5.41, 5.74) is 1.58. The molecule has 0 bridgehead atoms. The van der Waals surface area contributed by atoms with Crippen LogP contribution in [0, 0.1) is 5.41 Å². The second kappa shape index (κ2) is 7.59. The van der Waals surface area contributed by atoms with Crippen molar-refractivity contribution in [3.8, 4) is 5.75 Å². The van der Waals surface area contributed by atoms with Gasteiger partial charge in [-0.05, 0) is 60.5 Å². The Morgan fingerprint density at radius 2 is 1.71 bits per heavy atom. The third kappa shape index (κ3) is 5.33. The van der Waals surface area contributed by atoms with Crippen LogP contribution in [0.1, 0.15) is 45.6 Å². The van der Waals surface area contributed by atoms with Crippen LogP contribution < -0.4 is 4.74 Å². The summed E-state index contributed by atoms with van der Waals surface area (Å²) in [6.45, 7) is 14.0. The molecule has 0 unspecified atom stereocenters. The summed E-state index contributed by atoms with van der Waals surface area (Å²) >= 11 is 0. The summed E-state index contributed by atoms with van der Waals surface area (Å²) in [6, 6.07) is 8.08. The molecule has 1 aromatic rings. The predicted molar refractivity (Wildman–Crippen MR) is 102 cm³/mol. The Bertz CT molecular complexity index is 513. The molecular weight excluding hydrogens is 316 g/mol. The zero-order valence-corrected chi connectivity index (χ0v) is 17.3. The molecule has 0 N–H and O–H groups in total. The molecule has 0 heterocycles. The fourth-order valence-corrected chi connectivity index (χ4v) is 3.49. The van der Waals surface area contributed by atoms with Crippen molar-refractivity contribution >= 4 is 8.32 Å². The summed E-state index contributed by atoms with van der Waals surface area (Å²) in [7, 11) is 0.0504. The number of rotatable bonds is 9. The van der Waals surface area contributed by atoms with Gasteiger partial charge in [-0.25, -0.2) is 0 Å². The molecule has 1 aliphatic carbocycles. The van der Waals surface area contributed by atoms with Crippen molar-refractivity contribution in [1.82, 2.24) is 0 Å². The Hall–Kier alpha value is -0.843. The van der Waals surface area contributed by atoms with E-state index in [0.29, 0.717) is 12.0 Å². The number of benzene rings is 1. The van der Waals surface area contributed by atoms with Crippen LogP contribution in [0.5, 0.6) is 5.75 Å². The average molecular weight is 351 g/mol. The van der Waals surface area contributed by atoms with E-state index in [0.717, 1.165) is 25.4 Å². The first-order valence-corrected chi connectivity index (χ1v) is 11.9. The molecule has 3 nitrogen and oxygen atoms in total. The molecule has 24 heavy (non-hydrogen) atoms. The second-order valence-corrected chi connectivity index (χ2v) is 13.5. The first kappa shape index (κ1) is 19.5. The Morgan fingerprint density at radius 1 is 1.08 bits per heavy atom. The maximum atomic E-state index is 6.43. The summed E-state index contributed by atoms with van der Waals surface area (Å²) in [5.74, 6) is 0.887.